The number of ether oxygens (including phenoxy) is 4. The average Bonchev–Trinajstić information content (AvgIpc) is 3.49. The smallest absolute Gasteiger partial charge is 0.234 e. The van der Waals surface area contributed by atoms with E-state index >= 15 is 0 Å². The number of fused-ring (bicyclic) bond motifs is 1. The summed E-state index contributed by atoms with van der Waals surface area (Å²) in [6.07, 6.45) is -2.29. The summed E-state index contributed by atoms with van der Waals surface area (Å²) in [5, 5.41) is 0. The summed E-state index contributed by atoms with van der Waals surface area (Å²) in [6.45, 7) is 0.778. The lowest BCUT2D eigenvalue weighted by Gasteiger charge is -2.41. The largest absolute Gasteiger partial charge is 0.368 e. The summed E-state index contributed by atoms with van der Waals surface area (Å²) in [5.41, 5.74) is 2.14. The molecule has 4 aromatic carbocycles. The van der Waals surface area contributed by atoms with E-state index < -0.39 is 33.6 Å². The third-order valence-electron chi connectivity index (χ3n) is 7.08. The molecule has 6 rings (SSSR count). The van der Waals surface area contributed by atoms with Crippen LogP contribution in [-0.4, -0.2) is 43.8 Å². The number of thiazole rings is 1. The summed E-state index contributed by atoms with van der Waals surface area (Å²) in [4.78, 5) is 4.45. The minimum Gasteiger partial charge on any atom is -0.368 e. The second kappa shape index (κ2) is 13.2. The first-order valence-corrected chi connectivity index (χ1v) is 16.1. The van der Waals surface area contributed by atoms with Gasteiger partial charge in [-0.05, 0) is 28.8 Å². The van der Waals surface area contributed by atoms with E-state index in [9.17, 15) is 8.42 Å². The number of para-hydroxylation sites is 1. The van der Waals surface area contributed by atoms with Gasteiger partial charge in [0.25, 0.3) is 0 Å². The lowest BCUT2D eigenvalue weighted by molar-refractivity contribution is -0.221. The normalized spacial score (nSPS) is 21.0. The van der Waals surface area contributed by atoms with Crippen molar-refractivity contribution in [3.05, 3.63) is 132 Å². The third kappa shape index (κ3) is 6.62. The molecule has 2 heterocycles. The highest BCUT2D eigenvalue weighted by Gasteiger charge is 2.50. The van der Waals surface area contributed by atoms with Gasteiger partial charge in [-0.3, -0.25) is 0 Å². The Kier molecular flexibility index (Phi) is 9.04. The zero-order chi connectivity index (χ0) is 28.8. The fourth-order valence-electron chi connectivity index (χ4n) is 4.91. The van der Waals surface area contributed by atoms with Crippen molar-refractivity contribution in [3.8, 4) is 0 Å². The summed E-state index contributed by atoms with van der Waals surface area (Å²) in [6, 6.07) is 36.5. The topological polar surface area (TPSA) is 84.0 Å². The second-order valence-electron chi connectivity index (χ2n) is 10.1. The van der Waals surface area contributed by atoms with Crippen LogP contribution in [0.25, 0.3) is 10.2 Å². The molecule has 0 bridgehead atoms. The Hall–Kier alpha value is -3.44. The average molecular weight is 602 g/mol. The van der Waals surface area contributed by atoms with Crippen LogP contribution in [0.3, 0.4) is 0 Å². The van der Waals surface area contributed by atoms with E-state index in [1.165, 1.54) is 0 Å². The molecule has 1 aliphatic heterocycles. The summed E-state index contributed by atoms with van der Waals surface area (Å²) < 4.78 is 54.4. The van der Waals surface area contributed by atoms with Gasteiger partial charge in [0.2, 0.25) is 14.2 Å². The van der Waals surface area contributed by atoms with Crippen LogP contribution in [0, 0.1) is 0 Å². The Morgan fingerprint density at radius 2 is 1.17 bits per heavy atom. The molecule has 216 valence electrons. The maximum Gasteiger partial charge on any atom is 0.234 e. The molecule has 1 aromatic heterocycles. The molecule has 1 saturated heterocycles. The van der Waals surface area contributed by atoms with Crippen LogP contribution < -0.4 is 0 Å². The molecule has 1 fully saturated rings. The Morgan fingerprint density at radius 1 is 0.667 bits per heavy atom. The first-order valence-electron chi connectivity index (χ1n) is 13.8. The molecule has 0 aliphatic carbocycles. The van der Waals surface area contributed by atoms with E-state index in [1.54, 1.807) is 6.07 Å². The predicted octanol–water partition coefficient (Wildman–Crippen LogP) is 6.18. The molecule has 0 N–H and O–H groups in total. The van der Waals surface area contributed by atoms with Gasteiger partial charge in [0.15, 0.2) is 5.44 Å². The molecule has 0 radical (unpaired) electrons. The zero-order valence-electron chi connectivity index (χ0n) is 22.8. The van der Waals surface area contributed by atoms with E-state index in [1.807, 2.05) is 109 Å². The number of hydrogen-bond acceptors (Lipinski definition) is 8. The van der Waals surface area contributed by atoms with Crippen LogP contribution in [0.15, 0.2) is 120 Å². The monoisotopic (exact) mass is 601 g/mol. The van der Waals surface area contributed by atoms with Crippen molar-refractivity contribution in [2.24, 2.45) is 0 Å². The van der Waals surface area contributed by atoms with E-state index in [0.717, 1.165) is 32.7 Å². The fraction of sp³-hybridized carbons (Fsp3) is 0.242. The predicted molar refractivity (Wildman–Crippen MR) is 162 cm³/mol. The number of aromatic nitrogens is 1. The minimum absolute atomic E-state index is 0.00697. The highest BCUT2D eigenvalue weighted by Crippen LogP contribution is 2.35. The molecule has 0 saturated carbocycles. The highest BCUT2D eigenvalue weighted by molar-refractivity contribution is 7.94. The number of sulfone groups is 1. The van der Waals surface area contributed by atoms with Crippen molar-refractivity contribution in [1.29, 1.82) is 0 Å². The quantitative estimate of drug-likeness (QED) is 0.179. The van der Waals surface area contributed by atoms with Gasteiger partial charge in [0, 0.05) is 0 Å². The molecule has 7 nitrogen and oxygen atoms in total. The van der Waals surface area contributed by atoms with Gasteiger partial charge in [0.1, 0.15) is 18.3 Å². The first-order chi connectivity index (χ1) is 20.6. The Balaban J connectivity index is 1.33. The van der Waals surface area contributed by atoms with E-state index in [-0.39, 0.29) is 24.2 Å². The molecule has 0 spiro atoms. The molecule has 42 heavy (non-hydrogen) atoms. The molecule has 4 atom stereocenters. The Bertz CT molecular complexity index is 1650. The lowest BCUT2D eigenvalue weighted by atomic mass is 10.0. The van der Waals surface area contributed by atoms with Gasteiger partial charge in [-0.15, -0.1) is 11.3 Å². The zero-order valence-corrected chi connectivity index (χ0v) is 24.5. The van der Waals surface area contributed by atoms with E-state index in [4.69, 9.17) is 18.9 Å². The number of nitrogens with zero attached hydrogens (tertiary/aromatic N) is 1. The van der Waals surface area contributed by atoms with Gasteiger partial charge in [-0.25, -0.2) is 13.4 Å². The maximum absolute atomic E-state index is 14.1. The van der Waals surface area contributed by atoms with Crippen molar-refractivity contribution >= 4 is 31.4 Å². The third-order valence-corrected chi connectivity index (χ3v) is 10.5. The molecule has 5 aromatic rings. The van der Waals surface area contributed by atoms with Gasteiger partial charge < -0.3 is 18.9 Å². The van der Waals surface area contributed by atoms with Gasteiger partial charge in [-0.2, -0.15) is 0 Å². The number of hydrogen-bond donors (Lipinski definition) is 0. The molecule has 0 amide bonds. The fourth-order valence-corrected chi connectivity index (χ4v) is 7.90. The van der Waals surface area contributed by atoms with Gasteiger partial charge >= 0.3 is 0 Å². The van der Waals surface area contributed by atoms with Crippen LogP contribution in [0.1, 0.15) is 16.7 Å². The SMILES string of the molecule is O=S(=O)(c1nc2ccccc2s1)C1OC[C@@H](OCc2ccccc2)[C@H](OCc2ccccc2)[C@H]1OCc1ccccc1. The standard InChI is InChI=1S/C33H31NO6S2/c35-42(36,33-34-27-18-10-11-19-29(27)41-33)32-31(39-22-26-16-8-3-9-17-26)30(38-21-25-14-6-2-7-15-25)28(23-40-32)37-20-24-12-4-1-5-13-24/h1-19,28,30-32H,20-23H2/t28-,30+,31-,32?/m1/s1. The maximum atomic E-state index is 14.1. The van der Waals surface area contributed by atoms with Crippen LogP contribution in [0.2, 0.25) is 0 Å². The Morgan fingerprint density at radius 3 is 1.74 bits per heavy atom. The number of rotatable bonds is 11. The van der Waals surface area contributed by atoms with E-state index in [2.05, 4.69) is 4.98 Å². The molecule has 1 unspecified atom stereocenters. The van der Waals surface area contributed by atoms with Gasteiger partial charge in [-0.1, -0.05) is 103 Å². The lowest BCUT2D eigenvalue weighted by Crippen LogP contribution is -2.58. The molecular weight excluding hydrogens is 570 g/mol. The van der Waals surface area contributed by atoms with Gasteiger partial charge in [0.05, 0.1) is 36.6 Å². The van der Waals surface area contributed by atoms with Crippen molar-refractivity contribution in [1.82, 2.24) is 4.98 Å². The first kappa shape index (κ1) is 28.7. The summed E-state index contributed by atoms with van der Waals surface area (Å²) in [5.74, 6) is 0. The number of benzene rings is 4. The van der Waals surface area contributed by atoms with Crippen molar-refractivity contribution < 1.29 is 27.4 Å². The van der Waals surface area contributed by atoms with Crippen LogP contribution >= 0.6 is 11.3 Å². The van der Waals surface area contributed by atoms with Crippen LogP contribution in [-0.2, 0) is 48.6 Å². The van der Waals surface area contributed by atoms with Crippen molar-refractivity contribution in [2.45, 2.75) is 47.9 Å². The second-order valence-corrected chi connectivity index (χ2v) is 13.3. The van der Waals surface area contributed by atoms with Crippen LogP contribution in [0.5, 0.6) is 0 Å². The molecular formula is C33H31NO6S2. The minimum atomic E-state index is -4.06. The van der Waals surface area contributed by atoms with Crippen molar-refractivity contribution in [3.63, 3.8) is 0 Å². The van der Waals surface area contributed by atoms with E-state index in [0.29, 0.717) is 12.1 Å². The summed E-state index contributed by atoms with van der Waals surface area (Å²) >= 11 is 1.13. The highest BCUT2D eigenvalue weighted by atomic mass is 32.2. The molecule has 9 heteroatoms. The molecule has 1 aliphatic rings. The Labute approximate surface area is 249 Å². The van der Waals surface area contributed by atoms with Crippen LogP contribution in [0.4, 0.5) is 0 Å². The summed E-state index contributed by atoms with van der Waals surface area (Å²) in [7, 11) is -4.06. The van der Waals surface area contributed by atoms with Crippen molar-refractivity contribution in [2.75, 3.05) is 6.61 Å².